The molecule has 1 heterocycles. The van der Waals surface area contributed by atoms with Crippen LogP contribution in [0.3, 0.4) is 0 Å². The number of nitrogens with zero attached hydrogens (tertiary/aromatic N) is 3. The maximum atomic E-state index is 12.6. The van der Waals surface area contributed by atoms with Gasteiger partial charge in [0.1, 0.15) is 5.69 Å². The van der Waals surface area contributed by atoms with Gasteiger partial charge in [-0.1, -0.05) is 33.6 Å². The summed E-state index contributed by atoms with van der Waals surface area (Å²) >= 11 is 0. The molecule has 1 aromatic heterocycles. The van der Waals surface area contributed by atoms with Crippen LogP contribution < -0.4 is 5.32 Å². The lowest BCUT2D eigenvalue weighted by Crippen LogP contribution is -2.37. The van der Waals surface area contributed by atoms with Gasteiger partial charge in [0.25, 0.3) is 5.91 Å². The van der Waals surface area contributed by atoms with Crippen molar-refractivity contribution in [3.05, 3.63) is 24.3 Å². The summed E-state index contributed by atoms with van der Waals surface area (Å²) in [5.74, 6) is 0.320. The molecule has 0 bridgehead atoms. The molecule has 0 atom stereocenters. The van der Waals surface area contributed by atoms with Crippen molar-refractivity contribution >= 4 is 11.8 Å². The quantitative estimate of drug-likeness (QED) is 0.631. The maximum absolute atomic E-state index is 12.6. The summed E-state index contributed by atoms with van der Waals surface area (Å²) in [6, 6.07) is 0. The van der Waals surface area contributed by atoms with E-state index in [1.807, 2.05) is 0 Å². The van der Waals surface area contributed by atoms with Crippen LogP contribution in [-0.2, 0) is 4.79 Å². The van der Waals surface area contributed by atoms with Gasteiger partial charge in [-0.2, -0.15) is 0 Å². The highest BCUT2D eigenvalue weighted by atomic mass is 16.2. The summed E-state index contributed by atoms with van der Waals surface area (Å²) in [6.07, 6.45) is 8.97. The van der Waals surface area contributed by atoms with Gasteiger partial charge in [0.15, 0.2) is 0 Å². The first kappa shape index (κ1) is 20.1. The molecule has 0 saturated heterocycles. The average Bonchev–Trinajstić information content (AvgIpc) is 2.59. The summed E-state index contributed by atoms with van der Waals surface area (Å²) in [5.41, 5.74) is 0.324. The van der Waals surface area contributed by atoms with Gasteiger partial charge >= 0.3 is 0 Å². The number of hydrogen-bond acceptors (Lipinski definition) is 4. The number of amides is 2. The normalized spacial score (nSPS) is 10.7. The Bertz CT molecular complexity index is 491. The van der Waals surface area contributed by atoms with E-state index in [9.17, 15) is 9.59 Å². The van der Waals surface area contributed by atoms with E-state index in [-0.39, 0.29) is 11.8 Å². The van der Waals surface area contributed by atoms with Gasteiger partial charge in [0.2, 0.25) is 5.91 Å². The molecule has 0 aliphatic rings. The fourth-order valence-corrected chi connectivity index (χ4v) is 2.23. The second-order valence-corrected chi connectivity index (χ2v) is 6.37. The predicted molar refractivity (Wildman–Crippen MR) is 94.5 cm³/mol. The monoisotopic (exact) mass is 334 g/mol. The third-order valence-electron chi connectivity index (χ3n) is 3.76. The molecule has 0 aliphatic carbocycles. The highest BCUT2D eigenvalue weighted by molar-refractivity contribution is 5.92. The van der Waals surface area contributed by atoms with Gasteiger partial charge in [0, 0.05) is 38.4 Å². The second kappa shape index (κ2) is 11.5. The summed E-state index contributed by atoms with van der Waals surface area (Å²) in [7, 11) is 0. The number of carbonyl (C=O) groups excluding carboxylic acids is 2. The Morgan fingerprint density at radius 2 is 2.00 bits per heavy atom. The molecule has 6 heteroatoms. The molecule has 1 aromatic rings. The van der Waals surface area contributed by atoms with E-state index >= 15 is 0 Å². The number of hydrogen-bond donors (Lipinski definition) is 1. The molecule has 6 nitrogen and oxygen atoms in total. The highest BCUT2D eigenvalue weighted by Gasteiger charge is 2.18. The number of unbranched alkanes of at least 4 members (excludes halogenated alkanes) is 2. The van der Waals surface area contributed by atoms with Crippen molar-refractivity contribution in [3.63, 3.8) is 0 Å². The van der Waals surface area contributed by atoms with Crippen molar-refractivity contribution in [3.8, 4) is 0 Å². The Labute approximate surface area is 145 Å². The minimum Gasteiger partial charge on any atom is -0.356 e. The van der Waals surface area contributed by atoms with Crippen LogP contribution in [-0.4, -0.2) is 46.3 Å². The van der Waals surface area contributed by atoms with E-state index in [4.69, 9.17) is 0 Å². The van der Waals surface area contributed by atoms with Crippen molar-refractivity contribution in [2.75, 3.05) is 19.6 Å². The summed E-state index contributed by atoms with van der Waals surface area (Å²) in [6.45, 7) is 8.10. The van der Waals surface area contributed by atoms with Crippen LogP contribution in [0.2, 0.25) is 0 Å². The Hall–Kier alpha value is -1.98. The Morgan fingerprint density at radius 3 is 2.62 bits per heavy atom. The van der Waals surface area contributed by atoms with E-state index in [0.717, 1.165) is 25.7 Å². The summed E-state index contributed by atoms with van der Waals surface area (Å²) in [5, 5.41) is 2.91. The smallest absolute Gasteiger partial charge is 0.274 e. The summed E-state index contributed by atoms with van der Waals surface area (Å²) in [4.78, 5) is 34.2. The molecule has 0 fully saturated rings. The van der Waals surface area contributed by atoms with Crippen LogP contribution >= 0.6 is 0 Å². The van der Waals surface area contributed by atoms with Crippen LogP contribution in [0.5, 0.6) is 0 Å². The molecule has 1 rings (SSSR count). The fourth-order valence-electron chi connectivity index (χ4n) is 2.23. The molecule has 1 N–H and O–H groups in total. The van der Waals surface area contributed by atoms with Gasteiger partial charge in [-0.3, -0.25) is 14.6 Å². The number of aromatic nitrogens is 2. The first-order valence-electron chi connectivity index (χ1n) is 8.86. The van der Waals surface area contributed by atoms with Crippen molar-refractivity contribution in [1.82, 2.24) is 20.2 Å². The first-order valence-corrected chi connectivity index (χ1v) is 8.86. The number of nitrogens with one attached hydrogen (secondary N) is 1. The minimum absolute atomic E-state index is 0.00686. The van der Waals surface area contributed by atoms with E-state index in [0.29, 0.717) is 37.7 Å². The number of carbonyl (C=O) groups is 2. The van der Waals surface area contributed by atoms with E-state index in [1.54, 1.807) is 11.1 Å². The number of rotatable bonds is 11. The Balaban J connectivity index is 2.53. The lowest BCUT2D eigenvalue weighted by molar-refractivity contribution is -0.121. The van der Waals surface area contributed by atoms with Crippen LogP contribution in [0.4, 0.5) is 0 Å². The molecular weight excluding hydrogens is 304 g/mol. The van der Waals surface area contributed by atoms with Crippen LogP contribution in [0.15, 0.2) is 18.6 Å². The molecule has 24 heavy (non-hydrogen) atoms. The van der Waals surface area contributed by atoms with Crippen molar-refractivity contribution in [1.29, 1.82) is 0 Å². The minimum atomic E-state index is -0.164. The van der Waals surface area contributed by atoms with E-state index in [1.165, 1.54) is 12.4 Å². The fraction of sp³-hybridized carbons (Fsp3) is 0.667. The topological polar surface area (TPSA) is 75.2 Å². The standard InChI is InChI=1S/C18H30N4O2/c1-4-5-6-9-21-17(23)8-13-22(12-7-15(2)3)18(24)16-14-19-10-11-20-16/h10-11,14-15H,4-9,12-13H2,1-3H3,(H,21,23). The second-order valence-electron chi connectivity index (χ2n) is 6.37. The van der Waals surface area contributed by atoms with E-state index < -0.39 is 0 Å². The lowest BCUT2D eigenvalue weighted by atomic mass is 10.1. The van der Waals surface area contributed by atoms with Crippen LogP contribution in [0.25, 0.3) is 0 Å². The highest BCUT2D eigenvalue weighted by Crippen LogP contribution is 2.07. The van der Waals surface area contributed by atoms with Crippen molar-refractivity contribution in [2.45, 2.75) is 52.9 Å². The molecule has 2 amide bonds. The molecule has 134 valence electrons. The lowest BCUT2D eigenvalue weighted by Gasteiger charge is -2.23. The van der Waals surface area contributed by atoms with Gasteiger partial charge in [-0.15, -0.1) is 0 Å². The molecular formula is C18H30N4O2. The van der Waals surface area contributed by atoms with Crippen LogP contribution in [0, 0.1) is 5.92 Å². The Kier molecular flexibility index (Phi) is 9.65. The maximum Gasteiger partial charge on any atom is 0.274 e. The summed E-state index contributed by atoms with van der Waals surface area (Å²) < 4.78 is 0. The molecule has 0 spiro atoms. The average molecular weight is 334 g/mol. The van der Waals surface area contributed by atoms with E-state index in [2.05, 4.69) is 36.1 Å². The van der Waals surface area contributed by atoms with Gasteiger partial charge in [-0.05, 0) is 18.8 Å². The Morgan fingerprint density at radius 1 is 1.21 bits per heavy atom. The zero-order valence-electron chi connectivity index (χ0n) is 15.1. The molecule has 0 saturated carbocycles. The zero-order chi connectivity index (χ0) is 17.8. The van der Waals surface area contributed by atoms with Gasteiger partial charge in [-0.25, -0.2) is 4.98 Å². The largest absolute Gasteiger partial charge is 0.356 e. The first-order chi connectivity index (χ1) is 11.5. The molecule has 0 unspecified atom stereocenters. The third kappa shape index (κ3) is 8.04. The zero-order valence-corrected chi connectivity index (χ0v) is 15.1. The molecule has 0 radical (unpaired) electrons. The molecule has 0 aromatic carbocycles. The third-order valence-corrected chi connectivity index (χ3v) is 3.76. The SMILES string of the molecule is CCCCCNC(=O)CCN(CCC(C)C)C(=O)c1cnccn1. The molecule has 0 aliphatic heterocycles. The van der Waals surface area contributed by atoms with Crippen molar-refractivity contribution < 1.29 is 9.59 Å². The predicted octanol–water partition coefficient (Wildman–Crippen LogP) is 2.66. The van der Waals surface area contributed by atoms with Gasteiger partial charge in [0.05, 0.1) is 6.20 Å². The van der Waals surface area contributed by atoms with Crippen molar-refractivity contribution in [2.24, 2.45) is 5.92 Å². The van der Waals surface area contributed by atoms with Gasteiger partial charge < -0.3 is 10.2 Å². The van der Waals surface area contributed by atoms with Crippen LogP contribution in [0.1, 0.15) is 63.4 Å².